The molecule has 6 heteroatoms. The predicted molar refractivity (Wildman–Crippen MR) is 69.9 cm³/mol. The van der Waals surface area contributed by atoms with E-state index in [4.69, 9.17) is 21.1 Å². The van der Waals surface area contributed by atoms with Crippen molar-refractivity contribution in [2.75, 3.05) is 14.2 Å². The number of carbonyl (C=O) groups excluding carboxylic acids is 1. The van der Waals surface area contributed by atoms with Gasteiger partial charge in [0.1, 0.15) is 11.3 Å². The second-order valence-corrected chi connectivity index (χ2v) is 4.79. The van der Waals surface area contributed by atoms with Crippen molar-refractivity contribution in [3.8, 4) is 17.2 Å². The third-order valence-corrected chi connectivity index (χ3v) is 3.86. The highest BCUT2D eigenvalue weighted by Crippen LogP contribution is 2.54. The van der Waals surface area contributed by atoms with Gasteiger partial charge < -0.3 is 14.6 Å². The molecular weight excluding hydrogens is 270 g/mol. The van der Waals surface area contributed by atoms with Crippen molar-refractivity contribution in [2.45, 2.75) is 24.8 Å². The highest BCUT2D eigenvalue weighted by Gasteiger charge is 2.43. The number of phenols is 1. The van der Waals surface area contributed by atoms with Gasteiger partial charge in [-0.25, -0.2) is 4.79 Å². The predicted octanol–water partition coefficient (Wildman–Crippen LogP) is 2.78. The third kappa shape index (κ3) is 2.05. The second kappa shape index (κ2) is 5.11. The number of aliphatic imine (C=N–C) groups is 1. The fraction of sp³-hybridized carbons (Fsp3) is 0.462. The van der Waals surface area contributed by atoms with Crippen molar-refractivity contribution in [3.05, 3.63) is 16.7 Å². The number of hydrogen-bond donors (Lipinski definition) is 1. The van der Waals surface area contributed by atoms with Crippen molar-refractivity contribution in [2.24, 2.45) is 4.99 Å². The van der Waals surface area contributed by atoms with Gasteiger partial charge in [-0.2, -0.15) is 4.99 Å². The number of hydrogen-bond acceptors (Lipinski definition) is 5. The molecule has 0 heterocycles. The number of methoxy groups -OCH3 is 2. The van der Waals surface area contributed by atoms with Crippen LogP contribution in [0.3, 0.4) is 0 Å². The molecule has 0 bridgehead atoms. The van der Waals surface area contributed by atoms with E-state index in [9.17, 15) is 9.90 Å². The van der Waals surface area contributed by atoms with Crippen LogP contribution in [0.1, 0.15) is 24.8 Å². The van der Waals surface area contributed by atoms with Crippen molar-refractivity contribution >= 4 is 17.7 Å². The van der Waals surface area contributed by atoms with Crippen LogP contribution in [0.2, 0.25) is 5.02 Å². The molecule has 0 aromatic heterocycles. The summed E-state index contributed by atoms with van der Waals surface area (Å²) in [6.07, 6.45) is 3.76. The van der Waals surface area contributed by atoms with Crippen LogP contribution in [0.25, 0.3) is 0 Å². The summed E-state index contributed by atoms with van der Waals surface area (Å²) in [6.45, 7) is 0. The van der Waals surface area contributed by atoms with Gasteiger partial charge in [-0.05, 0) is 19.3 Å². The first-order chi connectivity index (χ1) is 9.09. The standard InChI is InChI=1S/C13H14ClNO4/c1-18-9-6-8(17)10(11(14)12(9)19-2)13(15-7-16)4-3-5-13/h6,17H,3-5H2,1-2H3. The maximum absolute atomic E-state index is 10.6. The Morgan fingerprint density at radius 3 is 2.53 bits per heavy atom. The number of halogens is 1. The highest BCUT2D eigenvalue weighted by atomic mass is 35.5. The molecule has 0 radical (unpaired) electrons. The van der Waals surface area contributed by atoms with E-state index in [1.807, 2.05) is 0 Å². The Hall–Kier alpha value is -1.71. The number of ether oxygens (including phenoxy) is 2. The zero-order valence-electron chi connectivity index (χ0n) is 10.7. The summed E-state index contributed by atoms with van der Waals surface area (Å²) < 4.78 is 10.3. The number of nitrogens with zero attached hydrogens (tertiary/aromatic N) is 1. The van der Waals surface area contributed by atoms with Crippen molar-refractivity contribution in [1.82, 2.24) is 0 Å². The van der Waals surface area contributed by atoms with Gasteiger partial charge in [-0.1, -0.05) is 11.6 Å². The molecule has 1 N–H and O–H groups in total. The Balaban J connectivity index is 2.67. The number of isocyanates is 1. The zero-order chi connectivity index (χ0) is 14.0. The van der Waals surface area contributed by atoms with Crippen molar-refractivity contribution in [3.63, 3.8) is 0 Å². The van der Waals surface area contributed by atoms with E-state index in [1.165, 1.54) is 20.3 Å². The molecule has 0 amide bonds. The SMILES string of the molecule is COc1cc(O)c(C2(N=C=O)CCC2)c(Cl)c1OC. The molecule has 102 valence electrons. The smallest absolute Gasteiger partial charge is 0.235 e. The Morgan fingerprint density at radius 1 is 1.42 bits per heavy atom. The van der Waals surface area contributed by atoms with Gasteiger partial charge in [-0.3, -0.25) is 0 Å². The first kappa shape index (κ1) is 13.7. The maximum atomic E-state index is 10.6. The lowest BCUT2D eigenvalue weighted by molar-refractivity contribution is 0.245. The largest absolute Gasteiger partial charge is 0.507 e. The molecule has 0 saturated heterocycles. The van der Waals surface area contributed by atoms with Crippen LogP contribution in [0.15, 0.2) is 11.1 Å². The summed E-state index contributed by atoms with van der Waals surface area (Å²) in [5.74, 6) is 0.601. The molecule has 0 spiro atoms. The topological polar surface area (TPSA) is 68.1 Å². The molecule has 1 aliphatic rings. The number of benzene rings is 1. The van der Waals surface area contributed by atoms with Crippen LogP contribution < -0.4 is 9.47 Å². The van der Waals surface area contributed by atoms with E-state index < -0.39 is 5.54 Å². The summed E-state index contributed by atoms with van der Waals surface area (Å²) in [5.41, 5.74) is -0.385. The highest BCUT2D eigenvalue weighted by molar-refractivity contribution is 6.33. The molecule has 0 aliphatic heterocycles. The van der Waals surface area contributed by atoms with E-state index in [1.54, 1.807) is 6.08 Å². The van der Waals surface area contributed by atoms with E-state index in [2.05, 4.69) is 4.99 Å². The Bertz CT molecular complexity index is 548. The van der Waals surface area contributed by atoms with Gasteiger partial charge in [-0.15, -0.1) is 0 Å². The Labute approximate surface area is 115 Å². The molecule has 0 atom stereocenters. The summed E-state index contributed by atoms with van der Waals surface area (Å²) >= 11 is 6.28. The summed E-state index contributed by atoms with van der Waals surface area (Å²) in [4.78, 5) is 14.5. The minimum absolute atomic E-state index is 0.0543. The van der Waals surface area contributed by atoms with Crippen molar-refractivity contribution < 1.29 is 19.4 Å². The fourth-order valence-electron chi connectivity index (χ4n) is 2.40. The quantitative estimate of drug-likeness (QED) is 0.681. The average molecular weight is 284 g/mol. The first-order valence-electron chi connectivity index (χ1n) is 5.82. The molecule has 1 fully saturated rings. The minimum atomic E-state index is -0.789. The van der Waals surface area contributed by atoms with E-state index in [0.717, 1.165) is 6.42 Å². The normalized spacial score (nSPS) is 16.2. The van der Waals surface area contributed by atoms with Crippen LogP contribution in [0.4, 0.5) is 0 Å². The minimum Gasteiger partial charge on any atom is -0.507 e. The molecule has 5 nitrogen and oxygen atoms in total. The third-order valence-electron chi connectivity index (χ3n) is 3.50. The van der Waals surface area contributed by atoms with Crippen LogP contribution >= 0.6 is 11.6 Å². The number of phenolic OH excluding ortho intramolecular Hbond substituents is 1. The van der Waals surface area contributed by atoms with Gasteiger partial charge in [0.15, 0.2) is 11.5 Å². The summed E-state index contributed by atoms with van der Waals surface area (Å²) in [5, 5.41) is 10.4. The molecule has 1 aromatic rings. The van der Waals surface area contributed by atoms with Gasteiger partial charge in [0.05, 0.1) is 19.2 Å². The van der Waals surface area contributed by atoms with Crippen LogP contribution in [0.5, 0.6) is 17.2 Å². The summed E-state index contributed by atoms with van der Waals surface area (Å²) in [6, 6.07) is 1.42. The fourth-order valence-corrected chi connectivity index (χ4v) is 2.84. The first-order valence-corrected chi connectivity index (χ1v) is 6.20. The zero-order valence-corrected chi connectivity index (χ0v) is 11.5. The summed E-state index contributed by atoms with van der Waals surface area (Å²) in [7, 11) is 2.91. The Kier molecular flexibility index (Phi) is 3.69. The van der Waals surface area contributed by atoms with E-state index in [0.29, 0.717) is 29.9 Å². The second-order valence-electron chi connectivity index (χ2n) is 4.41. The molecule has 0 unspecified atom stereocenters. The molecule has 1 aliphatic carbocycles. The van der Waals surface area contributed by atoms with Crippen LogP contribution in [0, 0.1) is 0 Å². The van der Waals surface area contributed by atoms with E-state index in [-0.39, 0.29) is 10.8 Å². The monoisotopic (exact) mass is 283 g/mol. The molecule has 1 saturated carbocycles. The van der Waals surface area contributed by atoms with Gasteiger partial charge >= 0.3 is 0 Å². The lowest BCUT2D eigenvalue weighted by atomic mass is 9.72. The lowest BCUT2D eigenvalue weighted by Gasteiger charge is -2.38. The molecule has 19 heavy (non-hydrogen) atoms. The van der Waals surface area contributed by atoms with Crippen molar-refractivity contribution in [1.29, 1.82) is 0 Å². The molecule has 1 aromatic carbocycles. The number of aromatic hydroxyl groups is 1. The van der Waals surface area contributed by atoms with Crippen LogP contribution in [-0.2, 0) is 10.3 Å². The van der Waals surface area contributed by atoms with Crippen LogP contribution in [-0.4, -0.2) is 25.4 Å². The van der Waals surface area contributed by atoms with Gasteiger partial charge in [0, 0.05) is 11.6 Å². The lowest BCUT2D eigenvalue weighted by Crippen LogP contribution is -2.32. The molecule has 2 rings (SSSR count). The molecular formula is C13H14ClNO4. The van der Waals surface area contributed by atoms with E-state index >= 15 is 0 Å². The van der Waals surface area contributed by atoms with Gasteiger partial charge in [0.2, 0.25) is 6.08 Å². The average Bonchev–Trinajstić information content (AvgIpc) is 2.34. The maximum Gasteiger partial charge on any atom is 0.235 e. The number of rotatable bonds is 4. The van der Waals surface area contributed by atoms with Gasteiger partial charge in [0.25, 0.3) is 0 Å². The Morgan fingerprint density at radius 2 is 2.11 bits per heavy atom.